The second-order valence-corrected chi connectivity index (χ2v) is 3.86. The van der Waals surface area contributed by atoms with Crippen LogP contribution in [-0.2, 0) is 4.74 Å². The molecule has 0 N–H and O–H groups in total. The van der Waals surface area contributed by atoms with Crippen molar-refractivity contribution in [1.82, 2.24) is 9.78 Å². The van der Waals surface area contributed by atoms with E-state index in [0.717, 1.165) is 18.7 Å². The zero-order valence-corrected chi connectivity index (χ0v) is 8.10. The predicted molar refractivity (Wildman–Crippen MR) is 54.3 cm³/mol. The number of benzene rings is 1. The Labute approximate surface area is 82.3 Å². The average Bonchev–Trinajstić information content (AvgIpc) is 2.43. The molecule has 1 fully saturated rings. The van der Waals surface area contributed by atoms with Crippen molar-refractivity contribution in [1.29, 1.82) is 0 Å². The number of ether oxygens (including phenoxy) is 1. The van der Waals surface area contributed by atoms with Crippen LogP contribution in [0.5, 0.6) is 0 Å². The lowest BCUT2D eigenvalue weighted by Crippen LogP contribution is -2.30. The zero-order chi connectivity index (χ0) is 9.54. The summed E-state index contributed by atoms with van der Waals surface area (Å²) in [6.07, 6.45) is 2.11. The van der Waals surface area contributed by atoms with Crippen LogP contribution in [0.4, 0.5) is 0 Å². The Bertz CT molecular complexity index is 471. The summed E-state index contributed by atoms with van der Waals surface area (Å²) in [5.74, 6) is 0. The molecule has 3 heteroatoms. The van der Waals surface area contributed by atoms with Crippen molar-refractivity contribution in [2.24, 2.45) is 0 Å². The molecule has 14 heavy (non-hydrogen) atoms. The van der Waals surface area contributed by atoms with Crippen LogP contribution in [0.1, 0.15) is 11.6 Å². The van der Waals surface area contributed by atoms with E-state index in [1.165, 1.54) is 10.9 Å². The minimum atomic E-state index is 0.447. The first-order valence-electron chi connectivity index (χ1n) is 4.86. The topological polar surface area (TPSA) is 27.1 Å². The summed E-state index contributed by atoms with van der Waals surface area (Å²) in [7, 11) is 0. The molecule has 2 aromatic rings. The van der Waals surface area contributed by atoms with E-state index in [1.54, 1.807) is 0 Å². The third-order valence-electron chi connectivity index (χ3n) is 2.67. The van der Waals surface area contributed by atoms with E-state index in [9.17, 15) is 0 Å². The molecule has 0 atom stereocenters. The molecule has 0 bridgehead atoms. The third kappa shape index (κ3) is 1.13. The summed E-state index contributed by atoms with van der Waals surface area (Å²) in [6.45, 7) is 3.70. The van der Waals surface area contributed by atoms with E-state index < -0.39 is 0 Å². The maximum absolute atomic E-state index is 5.15. The maximum Gasteiger partial charge on any atom is 0.0985 e. The lowest BCUT2D eigenvalue weighted by atomic mass is 10.2. The van der Waals surface area contributed by atoms with Gasteiger partial charge in [-0.3, -0.25) is 4.68 Å². The van der Waals surface area contributed by atoms with Crippen LogP contribution in [0, 0.1) is 6.92 Å². The molecule has 72 valence electrons. The normalized spacial score (nSPS) is 17.2. The Morgan fingerprint density at radius 2 is 2.29 bits per heavy atom. The Balaban J connectivity index is 2.10. The standard InChI is InChI=1S/C11H12N2O/c1-8-2-3-11-9(4-8)5-13(12-11)10-6-14-7-10/h2-5,10H,6-7H2,1H3. The molecule has 3 rings (SSSR count). The van der Waals surface area contributed by atoms with Crippen molar-refractivity contribution in [2.45, 2.75) is 13.0 Å². The zero-order valence-electron chi connectivity index (χ0n) is 8.10. The summed E-state index contributed by atoms with van der Waals surface area (Å²) in [4.78, 5) is 0. The van der Waals surface area contributed by atoms with Gasteiger partial charge in [-0.05, 0) is 19.1 Å². The number of aryl methyl sites for hydroxylation is 1. The molecule has 1 aliphatic rings. The quantitative estimate of drug-likeness (QED) is 0.683. The van der Waals surface area contributed by atoms with Gasteiger partial charge in [-0.25, -0.2) is 0 Å². The van der Waals surface area contributed by atoms with Gasteiger partial charge in [0.1, 0.15) is 0 Å². The second-order valence-electron chi connectivity index (χ2n) is 3.86. The molecule has 3 nitrogen and oxygen atoms in total. The highest BCUT2D eigenvalue weighted by Crippen LogP contribution is 2.20. The van der Waals surface area contributed by atoms with Gasteiger partial charge in [0.2, 0.25) is 0 Å². The number of rotatable bonds is 1. The fourth-order valence-corrected chi connectivity index (χ4v) is 1.73. The molecule has 1 saturated heterocycles. The van der Waals surface area contributed by atoms with E-state index in [1.807, 2.05) is 4.68 Å². The first-order chi connectivity index (χ1) is 6.83. The highest BCUT2D eigenvalue weighted by molar-refractivity contribution is 5.78. The number of nitrogens with zero attached hydrogens (tertiary/aromatic N) is 2. The van der Waals surface area contributed by atoms with Crippen LogP contribution in [-0.4, -0.2) is 23.0 Å². The summed E-state index contributed by atoms with van der Waals surface area (Å²) < 4.78 is 7.17. The second kappa shape index (κ2) is 2.82. The lowest BCUT2D eigenvalue weighted by molar-refractivity contribution is -0.0283. The van der Waals surface area contributed by atoms with E-state index in [0.29, 0.717) is 6.04 Å². The third-order valence-corrected chi connectivity index (χ3v) is 2.67. The van der Waals surface area contributed by atoms with Gasteiger partial charge in [0.05, 0.1) is 24.8 Å². The van der Waals surface area contributed by atoms with Gasteiger partial charge in [0, 0.05) is 11.6 Å². The minimum absolute atomic E-state index is 0.447. The van der Waals surface area contributed by atoms with E-state index in [2.05, 4.69) is 36.4 Å². The molecule has 0 saturated carbocycles. The fourth-order valence-electron chi connectivity index (χ4n) is 1.73. The van der Waals surface area contributed by atoms with Crippen LogP contribution >= 0.6 is 0 Å². The van der Waals surface area contributed by atoms with Crippen LogP contribution in [0.2, 0.25) is 0 Å². The number of hydrogen-bond acceptors (Lipinski definition) is 2. The van der Waals surface area contributed by atoms with Gasteiger partial charge in [0.15, 0.2) is 0 Å². The van der Waals surface area contributed by atoms with E-state index >= 15 is 0 Å². The monoisotopic (exact) mass is 188 g/mol. The van der Waals surface area contributed by atoms with Gasteiger partial charge in [0.25, 0.3) is 0 Å². The largest absolute Gasteiger partial charge is 0.377 e. The first kappa shape index (κ1) is 8.00. The van der Waals surface area contributed by atoms with Crippen molar-refractivity contribution in [2.75, 3.05) is 13.2 Å². The summed E-state index contributed by atoms with van der Waals surface area (Å²) >= 11 is 0. The SMILES string of the molecule is Cc1ccc2nn(C3COC3)cc2c1. The molecule has 1 aromatic heterocycles. The molecule has 1 aromatic carbocycles. The number of hydrogen-bond donors (Lipinski definition) is 0. The molecule has 0 aliphatic carbocycles. The Morgan fingerprint density at radius 1 is 1.43 bits per heavy atom. The fraction of sp³-hybridized carbons (Fsp3) is 0.364. The van der Waals surface area contributed by atoms with Crippen molar-refractivity contribution in [3.63, 3.8) is 0 Å². The van der Waals surface area contributed by atoms with E-state index in [-0.39, 0.29) is 0 Å². The van der Waals surface area contributed by atoms with Gasteiger partial charge in [-0.2, -0.15) is 5.10 Å². The highest BCUT2D eigenvalue weighted by atomic mass is 16.5. The summed E-state index contributed by atoms with van der Waals surface area (Å²) in [5.41, 5.74) is 2.35. The van der Waals surface area contributed by atoms with Crippen molar-refractivity contribution in [3.8, 4) is 0 Å². The highest BCUT2D eigenvalue weighted by Gasteiger charge is 2.21. The van der Waals surface area contributed by atoms with Crippen molar-refractivity contribution >= 4 is 10.9 Å². The molecule has 0 spiro atoms. The number of aromatic nitrogens is 2. The van der Waals surface area contributed by atoms with Gasteiger partial charge in [-0.1, -0.05) is 11.6 Å². The van der Waals surface area contributed by atoms with Crippen LogP contribution in [0.3, 0.4) is 0 Å². The minimum Gasteiger partial charge on any atom is -0.377 e. The molecule has 0 amide bonds. The molecule has 2 heterocycles. The predicted octanol–water partition coefficient (Wildman–Crippen LogP) is 1.92. The summed E-state index contributed by atoms with van der Waals surface area (Å²) in [5, 5.41) is 5.73. The van der Waals surface area contributed by atoms with Gasteiger partial charge >= 0.3 is 0 Å². The number of fused-ring (bicyclic) bond motifs is 1. The molecule has 0 radical (unpaired) electrons. The molecule has 1 aliphatic heterocycles. The molecular weight excluding hydrogens is 176 g/mol. The smallest absolute Gasteiger partial charge is 0.0985 e. The lowest BCUT2D eigenvalue weighted by Gasteiger charge is -2.25. The van der Waals surface area contributed by atoms with Gasteiger partial charge < -0.3 is 4.74 Å². The Morgan fingerprint density at radius 3 is 3.00 bits per heavy atom. The van der Waals surface area contributed by atoms with Gasteiger partial charge in [-0.15, -0.1) is 0 Å². The van der Waals surface area contributed by atoms with Crippen molar-refractivity contribution < 1.29 is 4.74 Å². The molecular formula is C11H12N2O. The van der Waals surface area contributed by atoms with Crippen LogP contribution < -0.4 is 0 Å². The van der Waals surface area contributed by atoms with Crippen molar-refractivity contribution in [3.05, 3.63) is 30.0 Å². The Hall–Kier alpha value is -1.35. The summed E-state index contributed by atoms with van der Waals surface area (Å²) in [6, 6.07) is 6.78. The van der Waals surface area contributed by atoms with Crippen LogP contribution in [0.15, 0.2) is 24.4 Å². The maximum atomic E-state index is 5.15. The first-order valence-corrected chi connectivity index (χ1v) is 4.86. The Kier molecular flexibility index (Phi) is 1.61. The van der Waals surface area contributed by atoms with E-state index in [4.69, 9.17) is 4.74 Å². The van der Waals surface area contributed by atoms with Crippen LogP contribution in [0.25, 0.3) is 10.9 Å². The average molecular weight is 188 g/mol. The molecule has 0 unspecified atom stereocenters.